The smallest absolute Gasteiger partial charge is 0.236 e. The molecule has 0 radical (unpaired) electrons. The fourth-order valence-corrected chi connectivity index (χ4v) is 4.13. The van der Waals surface area contributed by atoms with Gasteiger partial charge in [0.25, 0.3) is 0 Å². The highest BCUT2D eigenvalue weighted by atomic mass is 32.2. The number of carbonyl (C=O) groups excluding carboxylic acids is 1. The molecule has 2 aliphatic heterocycles. The van der Waals surface area contributed by atoms with E-state index in [-0.39, 0.29) is 23.5 Å². The first-order valence-electron chi connectivity index (χ1n) is 6.20. The van der Waals surface area contributed by atoms with Crippen molar-refractivity contribution in [2.75, 3.05) is 37.7 Å². The molecule has 0 spiro atoms. The van der Waals surface area contributed by atoms with Gasteiger partial charge in [-0.2, -0.15) is 0 Å². The fraction of sp³-hybridized carbons (Fsp3) is 0.909. The van der Waals surface area contributed by atoms with Gasteiger partial charge in [0.1, 0.15) is 0 Å². The molecule has 2 rings (SSSR count). The number of nitrogens with zero attached hydrogens (tertiary/aromatic N) is 2. The van der Waals surface area contributed by atoms with Gasteiger partial charge in [-0.15, -0.1) is 0 Å². The lowest BCUT2D eigenvalue weighted by Gasteiger charge is -2.33. The largest absolute Gasteiger partial charge is 0.342 e. The Balaban J connectivity index is 1.89. The van der Waals surface area contributed by atoms with Gasteiger partial charge < -0.3 is 4.90 Å². The Bertz CT molecular complexity index is 388. The van der Waals surface area contributed by atoms with Crippen molar-refractivity contribution in [3.8, 4) is 0 Å². The van der Waals surface area contributed by atoms with E-state index < -0.39 is 9.84 Å². The van der Waals surface area contributed by atoms with Crippen molar-refractivity contribution in [3.63, 3.8) is 0 Å². The molecule has 6 heteroatoms. The van der Waals surface area contributed by atoms with Gasteiger partial charge in [-0.3, -0.25) is 9.69 Å². The number of sulfone groups is 1. The SMILES string of the molecule is CC1CS(=O)(=O)CCN1CC(=O)N1CCCC1. The quantitative estimate of drug-likeness (QED) is 0.686. The van der Waals surface area contributed by atoms with Gasteiger partial charge in [0.2, 0.25) is 5.91 Å². The monoisotopic (exact) mass is 260 g/mol. The van der Waals surface area contributed by atoms with Crippen molar-refractivity contribution in [3.05, 3.63) is 0 Å². The molecule has 0 aromatic carbocycles. The number of amides is 1. The second-order valence-electron chi connectivity index (χ2n) is 5.02. The van der Waals surface area contributed by atoms with E-state index >= 15 is 0 Å². The van der Waals surface area contributed by atoms with E-state index in [0.29, 0.717) is 13.1 Å². The third-order valence-electron chi connectivity index (χ3n) is 3.61. The predicted molar refractivity (Wildman–Crippen MR) is 65.5 cm³/mol. The highest BCUT2D eigenvalue weighted by Crippen LogP contribution is 2.13. The van der Waals surface area contributed by atoms with Crippen molar-refractivity contribution in [2.24, 2.45) is 0 Å². The summed E-state index contributed by atoms with van der Waals surface area (Å²) in [4.78, 5) is 15.8. The first-order chi connectivity index (χ1) is 7.98. The molecular formula is C11H20N2O3S. The van der Waals surface area contributed by atoms with Crippen molar-refractivity contribution < 1.29 is 13.2 Å². The molecule has 1 amide bonds. The van der Waals surface area contributed by atoms with E-state index in [0.717, 1.165) is 25.9 Å². The first kappa shape index (κ1) is 12.8. The molecule has 0 saturated carbocycles. The zero-order valence-electron chi connectivity index (χ0n) is 10.3. The maximum absolute atomic E-state index is 12.0. The van der Waals surface area contributed by atoms with Gasteiger partial charge >= 0.3 is 0 Å². The Morgan fingerprint density at radius 3 is 2.47 bits per heavy atom. The van der Waals surface area contributed by atoms with Crippen LogP contribution < -0.4 is 0 Å². The number of carbonyl (C=O) groups is 1. The lowest BCUT2D eigenvalue weighted by atomic mass is 10.3. The van der Waals surface area contributed by atoms with Crippen LogP contribution in [0.4, 0.5) is 0 Å². The van der Waals surface area contributed by atoms with Crippen LogP contribution in [0.5, 0.6) is 0 Å². The zero-order valence-corrected chi connectivity index (χ0v) is 11.1. The molecule has 5 nitrogen and oxygen atoms in total. The number of rotatable bonds is 2. The van der Waals surface area contributed by atoms with E-state index in [4.69, 9.17) is 0 Å². The Kier molecular flexibility index (Phi) is 3.73. The standard InChI is InChI=1S/C11H20N2O3S/c1-10-9-17(15,16)7-6-13(10)8-11(14)12-4-2-3-5-12/h10H,2-9H2,1H3. The molecule has 0 bridgehead atoms. The summed E-state index contributed by atoms with van der Waals surface area (Å²) in [5.74, 6) is 0.513. The summed E-state index contributed by atoms with van der Waals surface area (Å²) in [5, 5.41) is 0. The van der Waals surface area contributed by atoms with Crippen LogP contribution in [0.3, 0.4) is 0 Å². The normalized spacial score (nSPS) is 29.5. The van der Waals surface area contributed by atoms with E-state index in [2.05, 4.69) is 0 Å². The van der Waals surface area contributed by atoms with E-state index in [9.17, 15) is 13.2 Å². The van der Waals surface area contributed by atoms with Gasteiger partial charge in [0.15, 0.2) is 9.84 Å². The first-order valence-corrected chi connectivity index (χ1v) is 8.02. The van der Waals surface area contributed by atoms with Crippen LogP contribution >= 0.6 is 0 Å². The number of likely N-dealkylation sites (tertiary alicyclic amines) is 1. The third-order valence-corrected chi connectivity index (χ3v) is 5.40. The van der Waals surface area contributed by atoms with Gasteiger partial charge in [-0.05, 0) is 19.8 Å². The lowest BCUT2D eigenvalue weighted by Crippen LogP contribution is -2.50. The molecule has 17 heavy (non-hydrogen) atoms. The number of hydrogen-bond donors (Lipinski definition) is 0. The summed E-state index contributed by atoms with van der Waals surface area (Å²) in [6, 6.07) is -0.0414. The van der Waals surface area contributed by atoms with Gasteiger partial charge in [0, 0.05) is 25.7 Å². The molecule has 2 saturated heterocycles. The predicted octanol–water partition coefficient (Wildman–Crippen LogP) is -0.272. The number of hydrogen-bond acceptors (Lipinski definition) is 4. The summed E-state index contributed by atoms with van der Waals surface area (Å²) in [6.07, 6.45) is 2.19. The van der Waals surface area contributed by atoms with Gasteiger partial charge in [-0.1, -0.05) is 0 Å². The molecule has 2 aliphatic rings. The average Bonchev–Trinajstić information content (AvgIpc) is 2.74. The highest BCUT2D eigenvalue weighted by molar-refractivity contribution is 7.91. The molecule has 1 unspecified atom stereocenters. The second kappa shape index (κ2) is 4.94. The summed E-state index contributed by atoms with van der Waals surface area (Å²) in [6.45, 7) is 4.46. The second-order valence-corrected chi connectivity index (χ2v) is 7.25. The molecule has 0 aliphatic carbocycles. The van der Waals surface area contributed by atoms with E-state index in [1.165, 1.54) is 0 Å². The molecule has 0 aromatic rings. The average molecular weight is 260 g/mol. The van der Waals surface area contributed by atoms with Crippen molar-refractivity contribution in [1.29, 1.82) is 0 Å². The summed E-state index contributed by atoms with van der Waals surface area (Å²) in [7, 11) is -2.89. The Labute approximate surface area is 103 Å². The maximum atomic E-state index is 12.0. The maximum Gasteiger partial charge on any atom is 0.236 e. The van der Waals surface area contributed by atoms with Crippen LogP contribution in [-0.4, -0.2) is 67.9 Å². The van der Waals surface area contributed by atoms with Crippen LogP contribution in [0.1, 0.15) is 19.8 Å². The minimum Gasteiger partial charge on any atom is -0.342 e. The highest BCUT2D eigenvalue weighted by Gasteiger charge is 2.30. The van der Waals surface area contributed by atoms with E-state index in [1.54, 1.807) is 0 Å². The van der Waals surface area contributed by atoms with Crippen LogP contribution in [0, 0.1) is 0 Å². The summed E-state index contributed by atoms with van der Waals surface area (Å²) >= 11 is 0. The Morgan fingerprint density at radius 2 is 1.88 bits per heavy atom. The Hall–Kier alpha value is -0.620. The fourth-order valence-electron chi connectivity index (χ4n) is 2.51. The molecule has 0 aromatic heterocycles. The summed E-state index contributed by atoms with van der Waals surface area (Å²) in [5.41, 5.74) is 0. The molecule has 98 valence electrons. The topological polar surface area (TPSA) is 57.7 Å². The van der Waals surface area contributed by atoms with E-state index in [1.807, 2.05) is 16.7 Å². The van der Waals surface area contributed by atoms with Crippen molar-refractivity contribution in [1.82, 2.24) is 9.80 Å². The Morgan fingerprint density at radius 1 is 1.24 bits per heavy atom. The van der Waals surface area contributed by atoms with Crippen LogP contribution in [0.25, 0.3) is 0 Å². The van der Waals surface area contributed by atoms with Crippen molar-refractivity contribution >= 4 is 15.7 Å². The minimum absolute atomic E-state index is 0.0414. The van der Waals surface area contributed by atoms with Crippen LogP contribution in [-0.2, 0) is 14.6 Å². The molecule has 0 N–H and O–H groups in total. The van der Waals surface area contributed by atoms with Crippen molar-refractivity contribution in [2.45, 2.75) is 25.8 Å². The third kappa shape index (κ3) is 3.19. The van der Waals surface area contributed by atoms with Gasteiger partial charge in [-0.25, -0.2) is 8.42 Å². The molecule has 2 fully saturated rings. The van der Waals surface area contributed by atoms with Crippen LogP contribution in [0.15, 0.2) is 0 Å². The molecular weight excluding hydrogens is 240 g/mol. The zero-order chi connectivity index (χ0) is 12.5. The summed E-state index contributed by atoms with van der Waals surface area (Å²) < 4.78 is 22.9. The molecule has 2 heterocycles. The lowest BCUT2D eigenvalue weighted by molar-refractivity contribution is -0.131. The minimum atomic E-state index is -2.89. The van der Waals surface area contributed by atoms with Crippen LogP contribution in [0.2, 0.25) is 0 Å². The molecule has 1 atom stereocenters. The van der Waals surface area contributed by atoms with Gasteiger partial charge in [0.05, 0.1) is 18.1 Å².